The van der Waals surface area contributed by atoms with E-state index in [1.54, 1.807) is 7.11 Å². The Bertz CT molecular complexity index is 395. The van der Waals surface area contributed by atoms with Gasteiger partial charge in [-0.1, -0.05) is 45.8 Å². The average Bonchev–Trinajstić information content (AvgIpc) is 2.37. The number of amides is 1. The van der Waals surface area contributed by atoms with E-state index in [9.17, 15) is 4.79 Å². The molecule has 1 rings (SSSR count). The summed E-state index contributed by atoms with van der Waals surface area (Å²) in [4.78, 5) is 12.0. The molecule has 1 atom stereocenters. The Labute approximate surface area is 123 Å². The van der Waals surface area contributed by atoms with Crippen LogP contribution >= 0.6 is 15.9 Å². The van der Waals surface area contributed by atoms with Crippen LogP contribution in [0.3, 0.4) is 0 Å². The Hall–Kier alpha value is -0.870. The van der Waals surface area contributed by atoms with Gasteiger partial charge >= 0.3 is 0 Å². The van der Waals surface area contributed by atoms with Gasteiger partial charge in [0, 0.05) is 24.9 Å². The van der Waals surface area contributed by atoms with Crippen LogP contribution < -0.4 is 5.32 Å². The minimum absolute atomic E-state index is 0.110. The molecular weight excluding hydrogens is 306 g/mol. The highest BCUT2D eigenvalue weighted by Gasteiger charge is 2.05. The molecule has 0 aliphatic heterocycles. The van der Waals surface area contributed by atoms with E-state index in [0.717, 1.165) is 12.8 Å². The number of carbonyl (C=O) groups excluding carboxylic acids is 1. The highest BCUT2D eigenvalue weighted by molar-refractivity contribution is 9.09. The molecule has 0 aromatic heterocycles. The Kier molecular flexibility index (Phi) is 7.75. The molecule has 0 aliphatic carbocycles. The molecule has 1 aromatic rings. The SMILES string of the molecule is COCC(Br)CCNC(=O)CCc1cccc(C)c1. The zero-order valence-electron chi connectivity index (χ0n) is 11.6. The van der Waals surface area contributed by atoms with Crippen LogP contribution in [0.15, 0.2) is 24.3 Å². The molecule has 1 amide bonds. The van der Waals surface area contributed by atoms with Gasteiger partial charge in [-0.3, -0.25) is 4.79 Å². The first kappa shape index (κ1) is 16.2. The minimum atomic E-state index is 0.110. The Morgan fingerprint density at radius 3 is 2.95 bits per heavy atom. The number of methoxy groups -OCH3 is 1. The lowest BCUT2D eigenvalue weighted by Gasteiger charge is -2.09. The van der Waals surface area contributed by atoms with Gasteiger partial charge in [0.2, 0.25) is 5.91 Å². The van der Waals surface area contributed by atoms with E-state index in [0.29, 0.717) is 24.4 Å². The number of rotatable bonds is 8. The summed E-state index contributed by atoms with van der Waals surface area (Å²) in [6.07, 6.45) is 2.22. The monoisotopic (exact) mass is 327 g/mol. The number of halogens is 1. The molecule has 1 unspecified atom stereocenters. The van der Waals surface area contributed by atoms with Crippen molar-refractivity contribution in [1.29, 1.82) is 0 Å². The maximum Gasteiger partial charge on any atom is 0.220 e. The predicted molar refractivity (Wildman–Crippen MR) is 81.7 cm³/mol. The van der Waals surface area contributed by atoms with Crippen LogP contribution in [-0.2, 0) is 16.0 Å². The van der Waals surface area contributed by atoms with E-state index < -0.39 is 0 Å². The fourth-order valence-corrected chi connectivity index (χ4v) is 2.34. The predicted octanol–water partition coefficient (Wildman–Crippen LogP) is 2.84. The normalized spacial score (nSPS) is 12.2. The van der Waals surface area contributed by atoms with Gasteiger partial charge in [0.15, 0.2) is 0 Å². The van der Waals surface area contributed by atoms with Crippen LogP contribution in [0.25, 0.3) is 0 Å². The van der Waals surface area contributed by atoms with Crippen molar-refractivity contribution in [2.75, 3.05) is 20.3 Å². The molecule has 106 valence electrons. The van der Waals surface area contributed by atoms with Gasteiger partial charge in [0.1, 0.15) is 0 Å². The summed E-state index contributed by atoms with van der Waals surface area (Å²) in [5.41, 5.74) is 2.45. The van der Waals surface area contributed by atoms with Gasteiger partial charge < -0.3 is 10.1 Å². The van der Waals surface area contributed by atoms with Crippen molar-refractivity contribution in [3.05, 3.63) is 35.4 Å². The van der Waals surface area contributed by atoms with Crippen LogP contribution in [0.4, 0.5) is 0 Å². The molecule has 3 nitrogen and oxygen atoms in total. The van der Waals surface area contributed by atoms with Crippen LogP contribution in [0.5, 0.6) is 0 Å². The lowest BCUT2D eigenvalue weighted by Crippen LogP contribution is -2.27. The van der Waals surface area contributed by atoms with Crippen LogP contribution in [0.2, 0.25) is 0 Å². The molecule has 1 aromatic carbocycles. The topological polar surface area (TPSA) is 38.3 Å². The number of carbonyl (C=O) groups is 1. The molecule has 0 radical (unpaired) electrons. The van der Waals surface area contributed by atoms with Gasteiger partial charge in [-0.05, 0) is 25.3 Å². The zero-order valence-corrected chi connectivity index (χ0v) is 13.2. The molecule has 0 saturated carbocycles. The molecule has 4 heteroatoms. The molecule has 0 bridgehead atoms. The first-order chi connectivity index (χ1) is 9.11. The van der Waals surface area contributed by atoms with E-state index in [2.05, 4.69) is 46.4 Å². The fraction of sp³-hybridized carbons (Fsp3) is 0.533. The van der Waals surface area contributed by atoms with Crippen molar-refractivity contribution in [1.82, 2.24) is 5.32 Å². The molecular formula is C15H22BrNO2. The standard InChI is InChI=1S/C15H22BrNO2/c1-12-4-3-5-13(10-12)6-7-15(18)17-9-8-14(16)11-19-2/h3-5,10,14H,6-9,11H2,1-2H3,(H,17,18). The molecule has 0 spiro atoms. The van der Waals surface area contributed by atoms with E-state index in [-0.39, 0.29) is 5.91 Å². The largest absolute Gasteiger partial charge is 0.384 e. The highest BCUT2D eigenvalue weighted by atomic mass is 79.9. The number of ether oxygens (including phenoxy) is 1. The van der Waals surface area contributed by atoms with Crippen molar-refractivity contribution >= 4 is 21.8 Å². The number of alkyl halides is 1. The van der Waals surface area contributed by atoms with E-state index >= 15 is 0 Å². The summed E-state index contributed by atoms with van der Waals surface area (Å²) in [7, 11) is 1.68. The van der Waals surface area contributed by atoms with E-state index in [1.165, 1.54) is 11.1 Å². The number of aryl methyl sites for hydroxylation is 2. The quantitative estimate of drug-likeness (QED) is 0.745. The molecule has 0 fully saturated rings. The van der Waals surface area contributed by atoms with Gasteiger partial charge in [0.25, 0.3) is 0 Å². The first-order valence-electron chi connectivity index (χ1n) is 6.57. The Morgan fingerprint density at radius 2 is 2.26 bits per heavy atom. The summed E-state index contributed by atoms with van der Waals surface area (Å²) in [5, 5.41) is 2.93. The maximum absolute atomic E-state index is 11.7. The summed E-state index contributed by atoms with van der Waals surface area (Å²) < 4.78 is 5.02. The lowest BCUT2D eigenvalue weighted by molar-refractivity contribution is -0.121. The number of nitrogens with one attached hydrogen (secondary N) is 1. The Balaban J connectivity index is 2.18. The second kappa shape index (κ2) is 9.10. The third-order valence-electron chi connectivity index (χ3n) is 2.85. The second-order valence-corrected chi connectivity index (χ2v) is 5.98. The lowest BCUT2D eigenvalue weighted by atomic mass is 10.1. The maximum atomic E-state index is 11.7. The average molecular weight is 328 g/mol. The van der Waals surface area contributed by atoms with Crippen molar-refractivity contribution in [2.45, 2.75) is 31.0 Å². The van der Waals surface area contributed by atoms with Crippen molar-refractivity contribution in [3.63, 3.8) is 0 Å². The van der Waals surface area contributed by atoms with Crippen LogP contribution in [0.1, 0.15) is 24.0 Å². The van der Waals surface area contributed by atoms with Gasteiger partial charge in [-0.25, -0.2) is 0 Å². The fourth-order valence-electron chi connectivity index (χ4n) is 1.85. The first-order valence-corrected chi connectivity index (χ1v) is 7.48. The summed E-state index contributed by atoms with van der Waals surface area (Å²) >= 11 is 3.50. The van der Waals surface area contributed by atoms with Gasteiger partial charge in [0.05, 0.1) is 6.61 Å². The summed E-state index contributed by atoms with van der Waals surface area (Å²) in [5.74, 6) is 0.110. The van der Waals surface area contributed by atoms with Gasteiger partial charge in [-0.15, -0.1) is 0 Å². The summed E-state index contributed by atoms with van der Waals surface area (Å²) in [6, 6.07) is 8.28. The molecule has 0 saturated heterocycles. The van der Waals surface area contributed by atoms with Crippen molar-refractivity contribution in [2.24, 2.45) is 0 Å². The second-order valence-electron chi connectivity index (χ2n) is 4.68. The number of benzene rings is 1. The molecule has 0 aliphatic rings. The molecule has 0 heterocycles. The van der Waals surface area contributed by atoms with Crippen LogP contribution in [0, 0.1) is 6.92 Å². The third-order valence-corrected chi connectivity index (χ3v) is 3.57. The van der Waals surface area contributed by atoms with Crippen molar-refractivity contribution < 1.29 is 9.53 Å². The smallest absolute Gasteiger partial charge is 0.220 e. The Morgan fingerprint density at radius 1 is 1.47 bits per heavy atom. The molecule has 1 N–H and O–H groups in total. The van der Waals surface area contributed by atoms with E-state index in [1.807, 2.05) is 6.07 Å². The third kappa shape index (κ3) is 7.33. The summed E-state index contributed by atoms with van der Waals surface area (Å²) in [6.45, 7) is 3.42. The van der Waals surface area contributed by atoms with E-state index in [4.69, 9.17) is 4.74 Å². The van der Waals surface area contributed by atoms with Gasteiger partial charge in [-0.2, -0.15) is 0 Å². The zero-order chi connectivity index (χ0) is 14.1. The number of hydrogen-bond donors (Lipinski definition) is 1. The number of hydrogen-bond acceptors (Lipinski definition) is 2. The minimum Gasteiger partial charge on any atom is -0.384 e. The molecule has 19 heavy (non-hydrogen) atoms. The highest BCUT2D eigenvalue weighted by Crippen LogP contribution is 2.07. The van der Waals surface area contributed by atoms with Crippen LogP contribution in [-0.4, -0.2) is 31.0 Å². The van der Waals surface area contributed by atoms with Crippen molar-refractivity contribution in [3.8, 4) is 0 Å².